The van der Waals surface area contributed by atoms with E-state index in [0.29, 0.717) is 0 Å². The molecule has 0 bridgehead atoms. The van der Waals surface area contributed by atoms with Crippen LogP contribution in [0.5, 0.6) is 0 Å². The molecule has 116 valence electrons. The summed E-state index contributed by atoms with van der Waals surface area (Å²) >= 11 is 0. The average Bonchev–Trinajstić information content (AvgIpc) is 2.70. The molecule has 0 saturated carbocycles. The Balaban J connectivity index is 1.66. The fourth-order valence-electron chi connectivity index (χ4n) is 2.73. The van der Waals surface area contributed by atoms with Crippen LogP contribution in [0.25, 0.3) is 0 Å². The topological polar surface area (TPSA) is 27.7 Å². The maximum Gasteiger partial charge on any atom is 0.482 e. The van der Waals surface area contributed by atoms with Gasteiger partial charge in [0.25, 0.3) is 0 Å². The largest absolute Gasteiger partial charge is 0.482 e. The number of hydrogen-bond donors (Lipinski definition) is 0. The Bertz CT molecular complexity index is 654. The molecule has 0 N–H and O–H groups in total. The molecule has 3 aromatic rings. The third kappa shape index (κ3) is 3.29. The van der Waals surface area contributed by atoms with Crippen LogP contribution in [0.2, 0.25) is 0 Å². The lowest BCUT2D eigenvalue weighted by Gasteiger charge is -2.33. The first-order valence-electron chi connectivity index (χ1n) is 8.01. The van der Waals surface area contributed by atoms with Crippen LogP contribution in [0.3, 0.4) is 0 Å². The molecule has 0 aromatic heterocycles. The van der Waals surface area contributed by atoms with Gasteiger partial charge in [0.1, 0.15) is 0 Å². The molecule has 1 aliphatic heterocycles. The van der Waals surface area contributed by atoms with Gasteiger partial charge in [0.15, 0.2) is 6.29 Å². The quantitative estimate of drug-likeness (QED) is 0.696. The first-order chi connectivity index (χ1) is 11.9. The average molecular weight is 314 g/mol. The predicted molar refractivity (Wildman–Crippen MR) is 96.1 cm³/mol. The van der Waals surface area contributed by atoms with E-state index >= 15 is 0 Å². The van der Waals surface area contributed by atoms with E-state index in [1.807, 2.05) is 91.0 Å². The molecule has 3 aromatic carbocycles. The fourth-order valence-corrected chi connectivity index (χ4v) is 2.73. The second kappa shape index (κ2) is 7.05. The Labute approximate surface area is 142 Å². The van der Waals surface area contributed by atoms with Crippen molar-refractivity contribution in [2.24, 2.45) is 0 Å². The molecule has 0 spiro atoms. The molecule has 1 heterocycles. The molecule has 0 atom stereocenters. The van der Waals surface area contributed by atoms with Gasteiger partial charge in [0.05, 0.1) is 0 Å². The van der Waals surface area contributed by atoms with Gasteiger partial charge in [-0.3, -0.25) is 0 Å². The Morgan fingerprint density at radius 1 is 0.542 bits per heavy atom. The van der Waals surface area contributed by atoms with E-state index in [-0.39, 0.29) is 0 Å². The van der Waals surface area contributed by atoms with Gasteiger partial charge in [0, 0.05) is 5.56 Å². The highest BCUT2D eigenvalue weighted by atomic mass is 16.8. The monoisotopic (exact) mass is 314 g/mol. The van der Waals surface area contributed by atoms with Crippen molar-refractivity contribution < 1.29 is 13.9 Å². The third-order valence-corrected chi connectivity index (χ3v) is 3.96. The van der Waals surface area contributed by atoms with E-state index in [0.717, 1.165) is 16.5 Å². The van der Waals surface area contributed by atoms with Crippen molar-refractivity contribution in [2.75, 3.05) is 0 Å². The van der Waals surface area contributed by atoms with Gasteiger partial charge >= 0.3 is 14.2 Å². The van der Waals surface area contributed by atoms with Crippen LogP contribution < -0.4 is 10.9 Å². The summed E-state index contributed by atoms with van der Waals surface area (Å²) in [5.41, 5.74) is 2.92. The van der Waals surface area contributed by atoms with Gasteiger partial charge in [-0.1, -0.05) is 91.0 Å². The minimum Gasteiger partial charge on any atom is -0.443 e. The van der Waals surface area contributed by atoms with Crippen molar-refractivity contribution >= 4 is 25.2 Å². The van der Waals surface area contributed by atoms with Gasteiger partial charge in [-0.25, -0.2) is 0 Å². The van der Waals surface area contributed by atoms with Crippen molar-refractivity contribution in [3.63, 3.8) is 0 Å². The second-order valence-corrected chi connectivity index (χ2v) is 5.64. The van der Waals surface area contributed by atoms with Gasteiger partial charge in [-0.05, 0) is 10.9 Å². The molecule has 0 amide bonds. The minimum atomic E-state index is -0.477. The van der Waals surface area contributed by atoms with E-state index in [1.165, 1.54) is 0 Å². The molecule has 3 nitrogen and oxygen atoms in total. The lowest BCUT2D eigenvalue weighted by molar-refractivity contribution is -0.0454. The molecular formula is C19H16B2O3. The summed E-state index contributed by atoms with van der Waals surface area (Å²) in [5.74, 6) is 0. The van der Waals surface area contributed by atoms with Gasteiger partial charge < -0.3 is 13.9 Å². The standard InChI is InChI=1S/C19H16B2O3/c1-4-10-16(11-5-1)19-22-20(17-12-6-2-7-13-17)24-21(23-19)18-14-8-3-9-15-18/h1-15,19H. The van der Waals surface area contributed by atoms with Crippen LogP contribution in [0.1, 0.15) is 11.9 Å². The fraction of sp³-hybridized carbons (Fsp3) is 0.0526. The smallest absolute Gasteiger partial charge is 0.443 e. The zero-order valence-electron chi connectivity index (χ0n) is 13.1. The predicted octanol–water partition coefficient (Wildman–Crippen LogP) is 2.54. The van der Waals surface area contributed by atoms with E-state index in [9.17, 15) is 0 Å². The lowest BCUT2D eigenvalue weighted by atomic mass is 9.69. The summed E-state index contributed by atoms with van der Waals surface area (Å²) < 4.78 is 18.2. The van der Waals surface area contributed by atoms with Crippen LogP contribution in [0, 0.1) is 0 Å². The highest BCUT2D eigenvalue weighted by Crippen LogP contribution is 2.25. The van der Waals surface area contributed by atoms with E-state index in [2.05, 4.69) is 0 Å². The summed E-state index contributed by atoms with van der Waals surface area (Å²) in [4.78, 5) is 0. The van der Waals surface area contributed by atoms with Gasteiger partial charge in [-0.2, -0.15) is 0 Å². The zero-order chi connectivity index (χ0) is 16.2. The summed E-state index contributed by atoms with van der Waals surface area (Å²) in [7, 11) is -0.953. The zero-order valence-corrected chi connectivity index (χ0v) is 13.1. The van der Waals surface area contributed by atoms with E-state index in [1.54, 1.807) is 0 Å². The first-order valence-corrected chi connectivity index (χ1v) is 8.01. The van der Waals surface area contributed by atoms with Crippen molar-refractivity contribution in [2.45, 2.75) is 6.29 Å². The first kappa shape index (κ1) is 15.2. The summed E-state index contributed by atoms with van der Waals surface area (Å²) in [6.45, 7) is 0. The molecule has 4 rings (SSSR count). The van der Waals surface area contributed by atoms with Crippen molar-refractivity contribution in [3.05, 3.63) is 96.6 Å². The molecular weight excluding hydrogens is 298 g/mol. The minimum absolute atomic E-state index is 0.477. The Kier molecular flexibility index (Phi) is 4.47. The highest BCUT2D eigenvalue weighted by molar-refractivity contribution is 6.75. The van der Waals surface area contributed by atoms with Gasteiger partial charge in [-0.15, -0.1) is 0 Å². The lowest BCUT2D eigenvalue weighted by Crippen LogP contribution is -2.53. The van der Waals surface area contributed by atoms with Gasteiger partial charge in [0.2, 0.25) is 0 Å². The van der Waals surface area contributed by atoms with Crippen LogP contribution >= 0.6 is 0 Å². The molecule has 0 radical (unpaired) electrons. The maximum absolute atomic E-state index is 6.07. The molecule has 1 aliphatic rings. The van der Waals surface area contributed by atoms with E-state index in [4.69, 9.17) is 13.9 Å². The number of rotatable bonds is 3. The maximum atomic E-state index is 6.07. The second-order valence-electron chi connectivity index (χ2n) is 5.64. The van der Waals surface area contributed by atoms with Crippen LogP contribution in [-0.2, 0) is 13.9 Å². The molecule has 1 fully saturated rings. The summed E-state index contributed by atoms with van der Waals surface area (Å²) in [6.07, 6.45) is -0.477. The third-order valence-electron chi connectivity index (χ3n) is 3.96. The van der Waals surface area contributed by atoms with Crippen LogP contribution in [-0.4, -0.2) is 14.2 Å². The normalized spacial score (nSPS) is 15.5. The Hall–Kier alpha value is -2.33. The van der Waals surface area contributed by atoms with Crippen molar-refractivity contribution in [1.82, 2.24) is 0 Å². The SMILES string of the molecule is c1ccc(B2OB(c3ccccc3)OC(c3ccccc3)O2)cc1. The molecule has 0 aliphatic carbocycles. The summed E-state index contributed by atoms with van der Waals surface area (Å²) in [6, 6.07) is 29.8. The summed E-state index contributed by atoms with van der Waals surface area (Å²) in [5, 5.41) is 0. The number of benzene rings is 3. The molecule has 0 unspecified atom stereocenters. The van der Waals surface area contributed by atoms with Crippen molar-refractivity contribution in [1.29, 1.82) is 0 Å². The molecule has 24 heavy (non-hydrogen) atoms. The van der Waals surface area contributed by atoms with Crippen molar-refractivity contribution in [3.8, 4) is 0 Å². The molecule has 5 heteroatoms. The highest BCUT2D eigenvalue weighted by Gasteiger charge is 2.40. The van der Waals surface area contributed by atoms with Crippen LogP contribution in [0.15, 0.2) is 91.0 Å². The Morgan fingerprint density at radius 2 is 0.958 bits per heavy atom. The number of hydrogen-bond acceptors (Lipinski definition) is 3. The van der Waals surface area contributed by atoms with E-state index < -0.39 is 20.5 Å². The Morgan fingerprint density at radius 3 is 1.42 bits per heavy atom. The van der Waals surface area contributed by atoms with Crippen LogP contribution in [0.4, 0.5) is 0 Å². The molecule has 1 saturated heterocycles.